The molecule has 0 aliphatic heterocycles. The van der Waals surface area contributed by atoms with Crippen LogP contribution in [0.2, 0.25) is 0 Å². The van der Waals surface area contributed by atoms with E-state index in [9.17, 15) is 0 Å². The third-order valence-corrected chi connectivity index (χ3v) is 2.39. The lowest BCUT2D eigenvalue weighted by molar-refractivity contribution is 0.132. The summed E-state index contributed by atoms with van der Waals surface area (Å²) in [4.78, 5) is 5.25. The van der Waals surface area contributed by atoms with E-state index in [4.69, 9.17) is 4.84 Å². The van der Waals surface area contributed by atoms with Gasteiger partial charge in [-0.05, 0) is 18.1 Å². The van der Waals surface area contributed by atoms with Crippen molar-refractivity contribution in [2.75, 3.05) is 0 Å². The average Bonchev–Trinajstić information content (AvgIpc) is 2.36. The smallest absolute Gasteiger partial charge is 0.142 e. The van der Waals surface area contributed by atoms with Crippen molar-refractivity contribution in [1.82, 2.24) is 0 Å². The van der Waals surface area contributed by atoms with Crippen LogP contribution >= 0.6 is 0 Å². The van der Waals surface area contributed by atoms with Gasteiger partial charge in [-0.3, -0.25) is 0 Å². The quantitative estimate of drug-likeness (QED) is 0.576. The normalized spacial score (nSPS) is 10.6. The minimum Gasteiger partial charge on any atom is -0.391 e. The van der Waals surface area contributed by atoms with Crippen LogP contribution in [0.1, 0.15) is 16.7 Å². The summed E-state index contributed by atoms with van der Waals surface area (Å²) >= 11 is 0. The summed E-state index contributed by atoms with van der Waals surface area (Å²) in [5.41, 5.74) is 3.41. The Balaban J connectivity index is 1.86. The van der Waals surface area contributed by atoms with Crippen molar-refractivity contribution in [1.29, 1.82) is 0 Å². The monoisotopic (exact) mass is 225 g/mol. The molecule has 0 aliphatic rings. The van der Waals surface area contributed by atoms with Crippen LogP contribution in [-0.2, 0) is 11.4 Å². The molecule has 0 saturated heterocycles. The van der Waals surface area contributed by atoms with Crippen LogP contribution in [0.25, 0.3) is 0 Å². The highest BCUT2D eigenvalue weighted by Crippen LogP contribution is 2.05. The van der Waals surface area contributed by atoms with E-state index in [0.717, 1.165) is 11.1 Å². The molecule has 2 rings (SSSR count). The van der Waals surface area contributed by atoms with Gasteiger partial charge in [0, 0.05) is 0 Å². The number of benzene rings is 2. The van der Waals surface area contributed by atoms with Crippen molar-refractivity contribution >= 4 is 6.21 Å². The number of nitrogens with zero attached hydrogens (tertiary/aromatic N) is 1. The van der Waals surface area contributed by atoms with Gasteiger partial charge in [-0.15, -0.1) is 0 Å². The van der Waals surface area contributed by atoms with Gasteiger partial charge in [0.25, 0.3) is 0 Å². The third kappa shape index (κ3) is 3.76. The van der Waals surface area contributed by atoms with Gasteiger partial charge in [-0.2, -0.15) is 0 Å². The Morgan fingerprint density at radius 1 is 1.06 bits per heavy atom. The lowest BCUT2D eigenvalue weighted by atomic mass is 10.1. The zero-order valence-corrected chi connectivity index (χ0v) is 9.84. The van der Waals surface area contributed by atoms with Crippen LogP contribution in [0.3, 0.4) is 0 Å². The molecule has 0 amide bonds. The minimum absolute atomic E-state index is 0.505. The molecule has 17 heavy (non-hydrogen) atoms. The molecule has 0 fully saturated rings. The van der Waals surface area contributed by atoms with Gasteiger partial charge >= 0.3 is 0 Å². The molecule has 0 saturated carbocycles. The maximum atomic E-state index is 5.25. The fourth-order valence-electron chi connectivity index (χ4n) is 1.55. The summed E-state index contributed by atoms with van der Waals surface area (Å²) in [5, 5.41) is 3.94. The summed E-state index contributed by atoms with van der Waals surface area (Å²) in [6.45, 7) is 2.57. The molecule has 0 N–H and O–H groups in total. The van der Waals surface area contributed by atoms with E-state index in [-0.39, 0.29) is 0 Å². The Bertz CT molecular complexity index is 491. The van der Waals surface area contributed by atoms with Gasteiger partial charge in [0.15, 0.2) is 0 Å². The predicted octanol–water partition coefficient (Wildman–Crippen LogP) is 3.55. The van der Waals surface area contributed by atoms with Gasteiger partial charge in [-0.1, -0.05) is 65.3 Å². The van der Waals surface area contributed by atoms with Crippen molar-refractivity contribution in [2.24, 2.45) is 5.16 Å². The molecule has 0 bridgehead atoms. The lowest BCUT2D eigenvalue weighted by Crippen LogP contribution is -1.88. The van der Waals surface area contributed by atoms with E-state index in [2.05, 4.69) is 24.2 Å². The predicted molar refractivity (Wildman–Crippen MR) is 70.0 cm³/mol. The first kappa shape index (κ1) is 11.4. The second-order valence-electron chi connectivity index (χ2n) is 3.91. The average molecular weight is 225 g/mol. The van der Waals surface area contributed by atoms with E-state index in [1.807, 2.05) is 42.5 Å². The zero-order chi connectivity index (χ0) is 11.9. The van der Waals surface area contributed by atoms with Crippen LogP contribution < -0.4 is 0 Å². The summed E-state index contributed by atoms with van der Waals surface area (Å²) in [6, 6.07) is 18.1. The highest BCUT2D eigenvalue weighted by Gasteiger charge is 1.92. The first-order valence-corrected chi connectivity index (χ1v) is 5.60. The molecule has 86 valence electrons. The Morgan fingerprint density at radius 3 is 2.65 bits per heavy atom. The largest absolute Gasteiger partial charge is 0.391 e. The molecular weight excluding hydrogens is 210 g/mol. The molecule has 0 radical (unpaired) electrons. The van der Waals surface area contributed by atoms with Crippen molar-refractivity contribution in [3.63, 3.8) is 0 Å². The first-order chi connectivity index (χ1) is 8.34. The van der Waals surface area contributed by atoms with Gasteiger partial charge in [-0.25, -0.2) is 0 Å². The number of aryl methyl sites for hydroxylation is 1. The van der Waals surface area contributed by atoms with E-state index in [1.54, 1.807) is 6.21 Å². The SMILES string of the molecule is Cc1cccc(CON=Cc2ccccc2)c1. The van der Waals surface area contributed by atoms with Crippen LogP contribution in [0.15, 0.2) is 59.8 Å². The van der Waals surface area contributed by atoms with E-state index in [1.165, 1.54) is 5.56 Å². The molecule has 2 nitrogen and oxygen atoms in total. The van der Waals surface area contributed by atoms with Crippen molar-refractivity contribution in [3.8, 4) is 0 Å². The standard InChI is InChI=1S/C15H15NO/c1-13-6-5-9-15(10-13)12-17-16-11-14-7-3-2-4-8-14/h2-11H,12H2,1H3. The number of hydrogen-bond acceptors (Lipinski definition) is 2. The van der Waals surface area contributed by atoms with Crippen LogP contribution in [0.5, 0.6) is 0 Å². The van der Waals surface area contributed by atoms with Gasteiger partial charge in [0.2, 0.25) is 0 Å². The maximum absolute atomic E-state index is 5.25. The van der Waals surface area contributed by atoms with Crippen molar-refractivity contribution in [2.45, 2.75) is 13.5 Å². The minimum atomic E-state index is 0.505. The Labute approximate surface area is 102 Å². The summed E-state index contributed by atoms with van der Waals surface area (Å²) in [6.07, 6.45) is 1.72. The second-order valence-corrected chi connectivity index (χ2v) is 3.91. The van der Waals surface area contributed by atoms with Crippen LogP contribution in [0.4, 0.5) is 0 Å². The van der Waals surface area contributed by atoms with Gasteiger partial charge in [0.05, 0.1) is 6.21 Å². The van der Waals surface area contributed by atoms with Crippen LogP contribution in [-0.4, -0.2) is 6.21 Å². The van der Waals surface area contributed by atoms with E-state index in [0.29, 0.717) is 6.61 Å². The summed E-state index contributed by atoms with van der Waals surface area (Å²) < 4.78 is 0. The molecule has 0 unspecified atom stereocenters. The third-order valence-electron chi connectivity index (χ3n) is 2.39. The Morgan fingerprint density at radius 2 is 1.88 bits per heavy atom. The lowest BCUT2D eigenvalue weighted by Gasteiger charge is -2.00. The number of oxime groups is 1. The van der Waals surface area contributed by atoms with Gasteiger partial charge < -0.3 is 4.84 Å². The first-order valence-electron chi connectivity index (χ1n) is 5.60. The Hall–Kier alpha value is -2.09. The van der Waals surface area contributed by atoms with Crippen molar-refractivity contribution < 1.29 is 4.84 Å². The molecule has 2 aromatic rings. The molecule has 2 aromatic carbocycles. The molecular formula is C15H15NO. The fraction of sp³-hybridized carbons (Fsp3) is 0.133. The molecule has 0 atom stereocenters. The summed E-state index contributed by atoms with van der Waals surface area (Å²) in [5.74, 6) is 0. The maximum Gasteiger partial charge on any atom is 0.142 e. The van der Waals surface area contributed by atoms with E-state index < -0.39 is 0 Å². The number of rotatable bonds is 4. The molecule has 0 aromatic heterocycles. The molecule has 0 heterocycles. The fourth-order valence-corrected chi connectivity index (χ4v) is 1.55. The van der Waals surface area contributed by atoms with E-state index >= 15 is 0 Å². The highest BCUT2D eigenvalue weighted by molar-refractivity contribution is 5.78. The van der Waals surface area contributed by atoms with Crippen LogP contribution in [0, 0.1) is 6.92 Å². The topological polar surface area (TPSA) is 21.6 Å². The second kappa shape index (κ2) is 5.85. The number of hydrogen-bond donors (Lipinski definition) is 0. The molecule has 0 spiro atoms. The Kier molecular flexibility index (Phi) is 3.92. The molecule has 2 heteroatoms. The zero-order valence-electron chi connectivity index (χ0n) is 9.84. The summed E-state index contributed by atoms with van der Waals surface area (Å²) in [7, 11) is 0. The highest BCUT2D eigenvalue weighted by atomic mass is 16.6. The van der Waals surface area contributed by atoms with Crippen molar-refractivity contribution in [3.05, 3.63) is 71.3 Å². The molecule has 0 aliphatic carbocycles. The van der Waals surface area contributed by atoms with Gasteiger partial charge in [0.1, 0.15) is 6.61 Å².